The maximum Gasteiger partial charge on any atom is 0.257 e. The number of rotatable bonds is 2. The topological polar surface area (TPSA) is 41.1 Å². The number of halogens is 3. The van der Waals surface area contributed by atoms with Crippen molar-refractivity contribution in [2.75, 3.05) is 5.32 Å². The molecule has 0 saturated heterocycles. The van der Waals surface area contributed by atoms with Crippen LogP contribution in [0.25, 0.3) is 0 Å². The first kappa shape index (κ1) is 15.7. The summed E-state index contributed by atoms with van der Waals surface area (Å²) in [6.07, 6.45) is 0. The van der Waals surface area contributed by atoms with Crippen LogP contribution in [0.4, 0.5) is 10.1 Å². The van der Waals surface area contributed by atoms with E-state index in [9.17, 15) is 9.18 Å². The normalized spacial score (nSPS) is 10.0. The van der Waals surface area contributed by atoms with E-state index in [-0.39, 0.29) is 16.4 Å². The summed E-state index contributed by atoms with van der Waals surface area (Å²) in [6, 6.07) is 10.4. The molecule has 0 heterocycles. The second-order valence-electron chi connectivity index (χ2n) is 4.05. The molecule has 7 heteroatoms. The first-order chi connectivity index (χ1) is 9.95. The Bertz CT molecular complexity index is 689. The first-order valence-corrected chi connectivity index (χ1v) is 6.95. The molecule has 2 N–H and O–H groups in total. The summed E-state index contributed by atoms with van der Waals surface area (Å²) in [5, 5.41) is 5.66. The van der Waals surface area contributed by atoms with Gasteiger partial charge in [0.1, 0.15) is 5.82 Å². The minimum absolute atomic E-state index is 0.0267. The lowest BCUT2D eigenvalue weighted by molar-refractivity contribution is 0.0977. The fraction of sp³-hybridized carbons (Fsp3) is 0. The molecule has 0 aliphatic rings. The lowest BCUT2D eigenvalue weighted by Gasteiger charge is -2.10. The average molecular weight is 343 g/mol. The number of thiocarbonyl (C=S) groups is 1. The van der Waals surface area contributed by atoms with Gasteiger partial charge in [-0.2, -0.15) is 0 Å². The van der Waals surface area contributed by atoms with Gasteiger partial charge in [0.05, 0.1) is 5.69 Å². The van der Waals surface area contributed by atoms with E-state index in [0.717, 1.165) is 0 Å². The van der Waals surface area contributed by atoms with Gasteiger partial charge >= 0.3 is 0 Å². The highest BCUT2D eigenvalue weighted by Crippen LogP contribution is 2.19. The van der Waals surface area contributed by atoms with Crippen molar-refractivity contribution in [1.29, 1.82) is 0 Å². The Morgan fingerprint density at radius 1 is 1.10 bits per heavy atom. The smallest absolute Gasteiger partial charge is 0.257 e. The number of carbonyl (C=O) groups excluding carboxylic acids is 1. The van der Waals surface area contributed by atoms with Crippen molar-refractivity contribution < 1.29 is 9.18 Å². The van der Waals surface area contributed by atoms with Crippen LogP contribution >= 0.6 is 35.4 Å². The number of hydrogen-bond donors (Lipinski definition) is 2. The van der Waals surface area contributed by atoms with Gasteiger partial charge in [-0.1, -0.05) is 35.3 Å². The van der Waals surface area contributed by atoms with Crippen LogP contribution in [0.5, 0.6) is 0 Å². The molecule has 0 aromatic heterocycles. The Balaban J connectivity index is 2.06. The molecular weight excluding hydrogens is 334 g/mol. The monoisotopic (exact) mass is 342 g/mol. The Kier molecular flexibility index (Phi) is 5.12. The van der Waals surface area contributed by atoms with Gasteiger partial charge in [-0.3, -0.25) is 10.1 Å². The van der Waals surface area contributed by atoms with E-state index < -0.39 is 11.7 Å². The number of amides is 1. The molecule has 0 aliphatic heterocycles. The number of anilines is 1. The maximum atomic E-state index is 13.4. The summed E-state index contributed by atoms with van der Waals surface area (Å²) >= 11 is 16.6. The van der Waals surface area contributed by atoms with Gasteiger partial charge in [-0.25, -0.2) is 4.39 Å². The lowest BCUT2D eigenvalue weighted by atomic mass is 10.2. The summed E-state index contributed by atoms with van der Waals surface area (Å²) < 4.78 is 13.4. The lowest BCUT2D eigenvalue weighted by Crippen LogP contribution is -2.34. The molecule has 0 spiro atoms. The predicted octanol–water partition coefficient (Wildman–Crippen LogP) is 4.26. The quantitative estimate of drug-likeness (QED) is 0.801. The van der Waals surface area contributed by atoms with E-state index in [4.69, 9.17) is 35.4 Å². The summed E-state index contributed by atoms with van der Waals surface area (Å²) in [7, 11) is 0. The van der Waals surface area contributed by atoms with Crippen LogP contribution in [0.15, 0.2) is 42.5 Å². The van der Waals surface area contributed by atoms with Crippen LogP contribution in [0.1, 0.15) is 10.4 Å². The number of benzene rings is 2. The van der Waals surface area contributed by atoms with Gasteiger partial charge in [-0.15, -0.1) is 0 Å². The van der Waals surface area contributed by atoms with Gasteiger partial charge in [-0.05, 0) is 42.5 Å². The molecule has 0 fully saturated rings. The third-order valence-corrected chi connectivity index (χ3v) is 3.11. The molecule has 0 radical (unpaired) electrons. The standard InChI is InChI=1S/C14H9Cl2FN2OS/c15-9-5-8(6-10(16)7-9)13(20)19-14(21)18-12-4-2-1-3-11(12)17/h1-7H,(H2,18,19,20,21). The molecule has 0 atom stereocenters. The zero-order chi connectivity index (χ0) is 15.4. The molecule has 2 aromatic carbocycles. The second-order valence-corrected chi connectivity index (χ2v) is 5.33. The van der Waals surface area contributed by atoms with E-state index >= 15 is 0 Å². The van der Waals surface area contributed by atoms with Gasteiger partial charge in [0.15, 0.2) is 5.11 Å². The van der Waals surface area contributed by atoms with Crippen molar-refractivity contribution in [3.8, 4) is 0 Å². The largest absolute Gasteiger partial charge is 0.330 e. The molecular formula is C14H9Cl2FN2OS. The molecule has 2 aromatic rings. The van der Waals surface area contributed by atoms with Crippen molar-refractivity contribution in [2.24, 2.45) is 0 Å². The molecule has 108 valence electrons. The molecule has 0 bridgehead atoms. The van der Waals surface area contributed by atoms with E-state index in [1.54, 1.807) is 12.1 Å². The molecule has 3 nitrogen and oxygen atoms in total. The fourth-order valence-electron chi connectivity index (χ4n) is 1.58. The predicted molar refractivity (Wildman–Crippen MR) is 86.5 cm³/mol. The van der Waals surface area contributed by atoms with Crippen LogP contribution in [0.3, 0.4) is 0 Å². The summed E-state index contributed by atoms with van der Waals surface area (Å²) in [5.74, 6) is -0.965. The summed E-state index contributed by atoms with van der Waals surface area (Å²) in [4.78, 5) is 12.0. The number of para-hydroxylation sites is 1. The Hall–Kier alpha value is -1.69. The molecule has 2 rings (SSSR count). The second kappa shape index (κ2) is 6.85. The van der Waals surface area contributed by atoms with Crippen LogP contribution in [0.2, 0.25) is 10.0 Å². The van der Waals surface area contributed by atoms with Gasteiger partial charge < -0.3 is 5.32 Å². The molecule has 0 aliphatic carbocycles. The third-order valence-electron chi connectivity index (χ3n) is 2.47. The van der Waals surface area contributed by atoms with Crippen LogP contribution in [0, 0.1) is 5.82 Å². The Labute approximate surface area is 136 Å². The minimum Gasteiger partial charge on any atom is -0.330 e. The van der Waals surface area contributed by atoms with Gasteiger partial charge in [0, 0.05) is 15.6 Å². The van der Waals surface area contributed by atoms with Crippen molar-refractivity contribution in [3.63, 3.8) is 0 Å². The number of carbonyl (C=O) groups is 1. The molecule has 21 heavy (non-hydrogen) atoms. The highest BCUT2D eigenvalue weighted by molar-refractivity contribution is 7.80. The van der Waals surface area contributed by atoms with Crippen LogP contribution in [-0.4, -0.2) is 11.0 Å². The van der Waals surface area contributed by atoms with Crippen molar-refractivity contribution in [1.82, 2.24) is 5.32 Å². The van der Waals surface area contributed by atoms with Crippen LogP contribution < -0.4 is 10.6 Å². The van der Waals surface area contributed by atoms with Gasteiger partial charge in [0.25, 0.3) is 5.91 Å². The highest BCUT2D eigenvalue weighted by atomic mass is 35.5. The van der Waals surface area contributed by atoms with E-state index in [1.165, 1.54) is 30.3 Å². The fourth-order valence-corrected chi connectivity index (χ4v) is 2.31. The first-order valence-electron chi connectivity index (χ1n) is 5.78. The molecule has 0 unspecified atom stereocenters. The molecule has 0 saturated carbocycles. The summed E-state index contributed by atoms with van der Waals surface area (Å²) in [6.45, 7) is 0. The summed E-state index contributed by atoms with van der Waals surface area (Å²) in [5.41, 5.74) is 0.428. The molecule has 1 amide bonds. The average Bonchev–Trinajstić information content (AvgIpc) is 2.40. The number of hydrogen-bond acceptors (Lipinski definition) is 2. The number of nitrogens with one attached hydrogen (secondary N) is 2. The SMILES string of the molecule is O=C(NC(=S)Nc1ccccc1F)c1cc(Cl)cc(Cl)c1. The van der Waals surface area contributed by atoms with Gasteiger partial charge in [0.2, 0.25) is 0 Å². The minimum atomic E-state index is -0.492. The van der Waals surface area contributed by atoms with Crippen molar-refractivity contribution in [3.05, 3.63) is 63.9 Å². The van der Waals surface area contributed by atoms with E-state index in [2.05, 4.69) is 10.6 Å². The van der Waals surface area contributed by atoms with E-state index in [1.807, 2.05) is 0 Å². The Morgan fingerprint density at radius 2 is 1.71 bits per heavy atom. The van der Waals surface area contributed by atoms with E-state index in [0.29, 0.717) is 10.0 Å². The Morgan fingerprint density at radius 3 is 2.33 bits per heavy atom. The van der Waals surface area contributed by atoms with Crippen molar-refractivity contribution >= 4 is 52.1 Å². The van der Waals surface area contributed by atoms with Crippen LogP contribution in [-0.2, 0) is 0 Å². The zero-order valence-electron chi connectivity index (χ0n) is 10.5. The highest BCUT2D eigenvalue weighted by Gasteiger charge is 2.11. The third kappa shape index (κ3) is 4.39. The maximum absolute atomic E-state index is 13.4. The van der Waals surface area contributed by atoms with Crippen molar-refractivity contribution in [2.45, 2.75) is 0 Å². The zero-order valence-corrected chi connectivity index (χ0v) is 12.8.